The monoisotopic (exact) mass is 578 g/mol. The minimum absolute atomic E-state index is 0.00254. The zero-order valence-corrected chi connectivity index (χ0v) is 23.3. The van der Waals surface area contributed by atoms with Gasteiger partial charge in [0.15, 0.2) is 9.47 Å². The summed E-state index contributed by atoms with van der Waals surface area (Å²) in [6.45, 7) is 1.86. The van der Waals surface area contributed by atoms with Crippen LogP contribution in [0.4, 0.5) is 5.13 Å². The predicted molar refractivity (Wildman–Crippen MR) is 146 cm³/mol. The second-order valence-electron chi connectivity index (χ2n) is 9.07. The Balaban J connectivity index is 1.30. The fourth-order valence-corrected chi connectivity index (χ4v) is 8.62. The number of amides is 2. The van der Waals surface area contributed by atoms with Gasteiger partial charge in [0.05, 0.1) is 11.3 Å². The van der Waals surface area contributed by atoms with Crippen LogP contribution < -0.4 is 11.1 Å². The Kier molecular flexibility index (Phi) is 7.88. The first kappa shape index (κ1) is 26.2. The molecule has 2 amide bonds. The Labute approximate surface area is 230 Å². The summed E-state index contributed by atoms with van der Waals surface area (Å²) in [6, 6.07) is -0.808. The number of nitrogens with zero attached hydrogens (tertiary/aromatic N) is 4. The Morgan fingerprint density at radius 2 is 2.11 bits per heavy atom. The summed E-state index contributed by atoms with van der Waals surface area (Å²) in [5.74, 6) is -0.586. The second-order valence-corrected chi connectivity index (χ2v) is 13.5. The fourth-order valence-electron chi connectivity index (χ4n) is 4.75. The zero-order valence-electron chi connectivity index (χ0n) is 20.0. The van der Waals surface area contributed by atoms with Crippen molar-refractivity contribution < 1.29 is 19.5 Å². The highest BCUT2D eigenvalue weighted by Gasteiger charge is 2.54. The fraction of sp³-hybridized carbons (Fsp3) is 0.478. The van der Waals surface area contributed by atoms with Gasteiger partial charge in [-0.05, 0) is 24.8 Å². The summed E-state index contributed by atoms with van der Waals surface area (Å²) < 4.78 is 0.751. The van der Waals surface area contributed by atoms with Crippen LogP contribution in [0.3, 0.4) is 0 Å². The summed E-state index contributed by atoms with van der Waals surface area (Å²) in [5, 5.41) is 23.3. The number of hydrogen-bond acceptors (Lipinski definition) is 11. The van der Waals surface area contributed by atoms with E-state index in [0.717, 1.165) is 28.6 Å². The van der Waals surface area contributed by atoms with Crippen molar-refractivity contribution in [2.75, 3.05) is 17.2 Å². The maximum atomic E-state index is 13.3. The van der Waals surface area contributed by atoms with E-state index in [-0.39, 0.29) is 5.70 Å². The molecule has 0 aromatic carbocycles. The maximum Gasteiger partial charge on any atom is 0.352 e. The van der Waals surface area contributed by atoms with E-state index in [1.54, 1.807) is 5.38 Å². The number of aliphatic carboxylic acids is 1. The summed E-state index contributed by atoms with van der Waals surface area (Å²) in [4.78, 5) is 44.2. The number of hydrogen-bond donors (Lipinski definition) is 3. The predicted octanol–water partition coefficient (Wildman–Crippen LogP) is 3.38. The van der Waals surface area contributed by atoms with Gasteiger partial charge in [0, 0.05) is 16.9 Å². The molecular formula is C23H26N6O4S4. The lowest BCUT2D eigenvalue weighted by molar-refractivity contribution is -0.150. The van der Waals surface area contributed by atoms with Crippen LogP contribution in [0.5, 0.6) is 0 Å². The van der Waals surface area contributed by atoms with Gasteiger partial charge in [0.25, 0.3) is 11.8 Å². The number of nitrogen functional groups attached to an aromatic ring is 1. The number of thiazole rings is 1. The van der Waals surface area contributed by atoms with Gasteiger partial charge in [-0.15, -0.1) is 33.3 Å². The third-order valence-electron chi connectivity index (χ3n) is 6.59. The van der Waals surface area contributed by atoms with Gasteiger partial charge in [0.1, 0.15) is 22.1 Å². The van der Waals surface area contributed by atoms with Crippen LogP contribution in [-0.4, -0.2) is 65.9 Å². The standard InChI is InChI=1S/C23H26N6O4S4/c1-11-27-28-23(37-11)36-9-13-8-34-20-16(19(31)29(20)17(13)21(32)33)26-18(30)14(15-10-35-22(24)25-15)7-6-12-4-2-3-5-12/h7,10,12,16,20H,2-6,8-9H2,1H3,(H2,24,25)(H,26,30)(H,32,33)/b14-7-/t16-,20-/m1/s1. The van der Waals surface area contributed by atoms with E-state index in [4.69, 9.17) is 5.73 Å². The van der Waals surface area contributed by atoms with E-state index in [1.165, 1.54) is 63.9 Å². The molecule has 1 saturated carbocycles. The molecule has 196 valence electrons. The molecule has 0 radical (unpaired) electrons. The molecule has 1 aliphatic carbocycles. The highest BCUT2D eigenvalue weighted by molar-refractivity contribution is 8.01. The first-order valence-electron chi connectivity index (χ1n) is 11.9. The van der Waals surface area contributed by atoms with E-state index in [9.17, 15) is 19.5 Å². The van der Waals surface area contributed by atoms with Crippen LogP contribution in [-0.2, 0) is 14.4 Å². The summed E-state index contributed by atoms with van der Waals surface area (Å²) >= 11 is 5.56. The van der Waals surface area contributed by atoms with E-state index >= 15 is 0 Å². The van der Waals surface area contributed by atoms with Crippen molar-refractivity contribution in [1.82, 2.24) is 25.4 Å². The number of β-lactam (4-membered cyclic amide) rings is 1. The molecule has 10 nitrogen and oxygen atoms in total. The molecule has 14 heteroatoms. The number of nitrogens with one attached hydrogen (secondary N) is 1. The quantitative estimate of drug-likeness (QED) is 0.229. The number of anilines is 1. The van der Waals surface area contributed by atoms with Gasteiger partial charge in [-0.2, -0.15) is 0 Å². The molecular weight excluding hydrogens is 553 g/mol. The van der Waals surface area contributed by atoms with Gasteiger partial charge < -0.3 is 16.2 Å². The lowest BCUT2D eigenvalue weighted by Gasteiger charge is -2.49. The van der Waals surface area contributed by atoms with Crippen LogP contribution in [0.25, 0.3) is 5.57 Å². The molecule has 0 spiro atoms. The van der Waals surface area contributed by atoms with Crippen molar-refractivity contribution >= 4 is 74.7 Å². The number of carbonyl (C=O) groups excluding carboxylic acids is 2. The van der Waals surface area contributed by atoms with Gasteiger partial charge in [0.2, 0.25) is 0 Å². The van der Waals surface area contributed by atoms with E-state index in [1.807, 2.05) is 13.0 Å². The Bertz CT molecular complexity index is 1280. The largest absolute Gasteiger partial charge is 0.477 e. The Morgan fingerprint density at radius 3 is 2.76 bits per heavy atom. The number of nitrogens with two attached hydrogens (primary N) is 1. The highest BCUT2D eigenvalue weighted by atomic mass is 32.2. The molecule has 2 aromatic heterocycles. The Morgan fingerprint density at radius 1 is 1.32 bits per heavy atom. The van der Waals surface area contributed by atoms with Crippen LogP contribution in [0.1, 0.15) is 42.8 Å². The van der Waals surface area contributed by atoms with Crippen molar-refractivity contribution in [3.8, 4) is 0 Å². The number of fused-ring (bicyclic) bond motifs is 1. The number of thioether (sulfide) groups is 2. The summed E-state index contributed by atoms with van der Waals surface area (Å²) in [5.41, 5.74) is 7.37. The van der Waals surface area contributed by atoms with Gasteiger partial charge >= 0.3 is 5.97 Å². The Hall–Kier alpha value is -2.42. The molecule has 1 saturated heterocycles. The minimum atomic E-state index is -1.15. The van der Waals surface area contributed by atoms with Crippen molar-refractivity contribution in [1.29, 1.82) is 0 Å². The zero-order chi connectivity index (χ0) is 26.1. The SMILES string of the molecule is Cc1nnc(SCC2=C(C(=O)O)N3C(=O)[C@@H](NC(=O)/C(=C\CC4CCCC4)c4csc(N)n4)[C@H]3SC2)s1. The van der Waals surface area contributed by atoms with E-state index < -0.39 is 29.2 Å². The number of aromatic nitrogens is 3. The van der Waals surface area contributed by atoms with Crippen LogP contribution in [0, 0.1) is 12.8 Å². The summed E-state index contributed by atoms with van der Waals surface area (Å²) in [6.07, 6.45) is 7.36. The third-order valence-corrected chi connectivity index (χ3v) is 10.7. The first-order chi connectivity index (χ1) is 17.8. The summed E-state index contributed by atoms with van der Waals surface area (Å²) in [7, 11) is 0. The van der Waals surface area contributed by atoms with E-state index in [0.29, 0.717) is 39.4 Å². The third kappa shape index (κ3) is 5.56. The molecule has 2 aromatic rings. The van der Waals surface area contributed by atoms with Crippen molar-refractivity contribution in [3.05, 3.63) is 33.4 Å². The van der Waals surface area contributed by atoms with Crippen LogP contribution in [0.2, 0.25) is 0 Å². The maximum absolute atomic E-state index is 13.3. The topological polar surface area (TPSA) is 151 Å². The number of carbonyl (C=O) groups is 3. The molecule has 0 unspecified atom stereocenters. The molecule has 3 aliphatic rings. The highest BCUT2D eigenvalue weighted by Crippen LogP contribution is 2.42. The van der Waals surface area contributed by atoms with Gasteiger partial charge in [-0.3, -0.25) is 14.5 Å². The van der Waals surface area contributed by atoms with Gasteiger partial charge in [-0.1, -0.05) is 54.9 Å². The number of allylic oxidation sites excluding steroid dienone is 1. The lowest BCUT2D eigenvalue weighted by Crippen LogP contribution is -2.70. The average molecular weight is 579 g/mol. The lowest BCUT2D eigenvalue weighted by atomic mass is 9.99. The van der Waals surface area contributed by atoms with Crippen molar-refractivity contribution in [2.45, 2.75) is 54.8 Å². The molecule has 37 heavy (non-hydrogen) atoms. The second kappa shape index (κ2) is 11.1. The molecule has 4 heterocycles. The molecule has 2 fully saturated rings. The average Bonchev–Trinajstić information content (AvgIpc) is 3.64. The number of aryl methyl sites for hydroxylation is 1. The first-order valence-corrected chi connectivity index (χ1v) is 15.6. The molecule has 2 atom stereocenters. The molecule has 4 N–H and O–H groups in total. The number of carboxylic acids is 1. The van der Waals surface area contributed by atoms with Crippen molar-refractivity contribution in [2.24, 2.45) is 5.92 Å². The number of rotatable bonds is 9. The smallest absolute Gasteiger partial charge is 0.352 e. The molecule has 0 bridgehead atoms. The van der Waals surface area contributed by atoms with Gasteiger partial charge in [-0.25, -0.2) is 9.78 Å². The van der Waals surface area contributed by atoms with Crippen molar-refractivity contribution in [3.63, 3.8) is 0 Å². The minimum Gasteiger partial charge on any atom is -0.477 e. The molecule has 2 aliphatic heterocycles. The molecule has 5 rings (SSSR count). The van der Waals surface area contributed by atoms with Crippen LogP contribution in [0.15, 0.2) is 27.1 Å². The normalized spacial score (nSPS) is 22.2. The number of carboxylic acid groups (broad SMARTS) is 1. The van der Waals surface area contributed by atoms with Crippen LogP contribution >= 0.6 is 46.2 Å². The van der Waals surface area contributed by atoms with E-state index in [2.05, 4.69) is 20.5 Å².